The predicted molar refractivity (Wildman–Crippen MR) is 67.2 cm³/mol. The summed E-state index contributed by atoms with van der Waals surface area (Å²) in [6.07, 6.45) is 1.06. The van der Waals surface area contributed by atoms with Gasteiger partial charge in [-0.1, -0.05) is 0 Å². The molecule has 0 saturated heterocycles. The van der Waals surface area contributed by atoms with E-state index in [0.29, 0.717) is 0 Å². The van der Waals surface area contributed by atoms with Crippen molar-refractivity contribution < 1.29 is 19.0 Å². The molecule has 0 aliphatic heterocycles. The van der Waals surface area contributed by atoms with Gasteiger partial charge in [-0.3, -0.25) is 10.1 Å². The zero-order chi connectivity index (χ0) is 15.6. The molecule has 1 aromatic carbocycles. The molecular formula is C11H9FN4O5. The Morgan fingerprint density at radius 3 is 2.57 bits per heavy atom. The van der Waals surface area contributed by atoms with E-state index in [1.165, 1.54) is 11.6 Å². The van der Waals surface area contributed by atoms with Crippen LogP contribution in [0.5, 0.6) is 5.75 Å². The van der Waals surface area contributed by atoms with E-state index in [9.17, 15) is 24.6 Å². The minimum absolute atomic E-state index is 0.203. The average molecular weight is 296 g/mol. The van der Waals surface area contributed by atoms with Gasteiger partial charge in [-0.05, 0) is 11.0 Å². The monoisotopic (exact) mass is 296 g/mol. The molecule has 0 spiro atoms. The predicted octanol–water partition coefficient (Wildman–Crippen LogP) is 1.95. The van der Waals surface area contributed by atoms with Crippen molar-refractivity contribution in [2.75, 3.05) is 0 Å². The minimum Gasteiger partial charge on any atom is -0.480 e. The number of nitro benzene ring substituents is 1. The molecule has 0 N–H and O–H groups in total. The molecule has 0 saturated carbocycles. The molecule has 0 fully saturated rings. The number of ether oxygens (including phenoxy) is 1. The Morgan fingerprint density at radius 1 is 1.33 bits per heavy atom. The molecule has 110 valence electrons. The van der Waals surface area contributed by atoms with E-state index in [4.69, 9.17) is 4.74 Å². The van der Waals surface area contributed by atoms with Crippen molar-refractivity contribution in [1.82, 2.24) is 9.55 Å². The Bertz CT molecular complexity index is 715. The van der Waals surface area contributed by atoms with E-state index < -0.39 is 21.4 Å². The Labute approximate surface area is 116 Å². The molecular weight excluding hydrogens is 287 g/mol. The number of nitrogens with zero attached hydrogens (tertiary/aromatic N) is 4. The molecule has 0 atom stereocenters. The van der Waals surface area contributed by atoms with Crippen LogP contribution in [-0.2, 0) is 13.7 Å². The zero-order valence-electron chi connectivity index (χ0n) is 10.7. The van der Waals surface area contributed by atoms with Crippen molar-refractivity contribution in [3.8, 4) is 5.75 Å². The number of hydrogen-bond donors (Lipinski definition) is 0. The molecule has 9 nitrogen and oxygen atoms in total. The molecule has 0 radical (unpaired) electrons. The standard InChI is InChI=1S/C11H9FN4O5/c1-14-10(13-5-11(14)16(19)20)6-21-9-3-2-7(15(17)18)4-8(9)12/h2-5H,6H2,1H3. The summed E-state index contributed by atoms with van der Waals surface area (Å²) in [5, 5.41) is 21.1. The number of halogens is 1. The number of non-ortho nitro benzene ring substituents is 1. The van der Waals surface area contributed by atoms with Crippen molar-refractivity contribution in [3.05, 3.63) is 56.3 Å². The fourth-order valence-electron chi connectivity index (χ4n) is 1.60. The van der Waals surface area contributed by atoms with Crippen molar-refractivity contribution in [2.45, 2.75) is 6.61 Å². The number of benzene rings is 1. The van der Waals surface area contributed by atoms with Crippen molar-refractivity contribution >= 4 is 11.5 Å². The molecule has 1 heterocycles. The third kappa shape index (κ3) is 2.94. The highest BCUT2D eigenvalue weighted by Gasteiger charge is 2.18. The molecule has 0 bridgehead atoms. The highest BCUT2D eigenvalue weighted by Crippen LogP contribution is 2.23. The fourth-order valence-corrected chi connectivity index (χ4v) is 1.60. The second-order valence-electron chi connectivity index (χ2n) is 4.01. The van der Waals surface area contributed by atoms with Gasteiger partial charge in [0.05, 0.1) is 18.0 Å². The van der Waals surface area contributed by atoms with E-state index in [1.54, 1.807) is 0 Å². The van der Waals surface area contributed by atoms with Crippen LogP contribution in [0.2, 0.25) is 0 Å². The zero-order valence-corrected chi connectivity index (χ0v) is 10.7. The van der Waals surface area contributed by atoms with Gasteiger partial charge >= 0.3 is 5.82 Å². The van der Waals surface area contributed by atoms with Gasteiger partial charge in [0.1, 0.15) is 6.20 Å². The summed E-state index contributed by atoms with van der Waals surface area (Å²) in [6.45, 7) is -0.209. The molecule has 21 heavy (non-hydrogen) atoms. The number of nitro groups is 2. The first kappa shape index (κ1) is 14.4. The molecule has 0 aliphatic rings. The van der Waals surface area contributed by atoms with Gasteiger partial charge in [-0.25, -0.2) is 13.9 Å². The van der Waals surface area contributed by atoms with E-state index in [1.807, 2.05) is 0 Å². The van der Waals surface area contributed by atoms with Gasteiger partial charge in [0.25, 0.3) is 5.69 Å². The molecule has 1 aromatic heterocycles. The number of hydrogen-bond acceptors (Lipinski definition) is 6. The topological polar surface area (TPSA) is 113 Å². The Kier molecular flexibility index (Phi) is 3.78. The highest BCUT2D eigenvalue weighted by atomic mass is 19.1. The summed E-state index contributed by atoms with van der Waals surface area (Å²) in [4.78, 5) is 23.6. The maximum Gasteiger partial charge on any atom is 0.342 e. The first-order valence-corrected chi connectivity index (χ1v) is 5.62. The molecule has 2 rings (SSSR count). The lowest BCUT2D eigenvalue weighted by atomic mass is 10.3. The lowest BCUT2D eigenvalue weighted by Gasteiger charge is -2.05. The number of imidazole rings is 1. The van der Waals surface area contributed by atoms with Crippen molar-refractivity contribution in [1.29, 1.82) is 0 Å². The first-order valence-electron chi connectivity index (χ1n) is 5.62. The second-order valence-corrected chi connectivity index (χ2v) is 4.01. The van der Waals surface area contributed by atoms with Crippen LogP contribution in [0.15, 0.2) is 24.4 Å². The molecule has 2 aromatic rings. The van der Waals surface area contributed by atoms with Crippen LogP contribution < -0.4 is 4.74 Å². The Hall–Kier alpha value is -3.04. The van der Waals surface area contributed by atoms with Crippen LogP contribution in [0.3, 0.4) is 0 Å². The smallest absolute Gasteiger partial charge is 0.342 e. The fraction of sp³-hybridized carbons (Fsp3) is 0.182. The third-order valence-corrected chi connectivity index (χ3v) is 2.73. The van der Waals surface area contributed by atoms with Crippen molar-refractivity contribution in [3.63, 3.8) is 0 Å². The number of aromatic nitrogens is 2. The van der Waals surface area contributed by atoms with Crippen LogP contribution in [-0.4, -0.2) is 19.4 Å². The minimum atomic E-state index is -0.895. The van der Waals surface area contributed by atoms with Crippen LogP contribution in [0.25, 0.3) is 0 Å². The lowest BCUT2D eigenvalue weighted by molar-refractivity contribution is -0.391. The normalized spacial score (nSPS) is 10.4. The quantitative estimate of drug-likeness (QED) is 0.615. The number of rotatable bonds is 5. The summed E-state index contributed by atoms with van der Waals surface area (Å²) in [6, 6.07) is 2.94. The first-order chi connectivity index (χ1) is 9.90. The van der Waals surface area contributed by atoms with E-state index in [2.05, 4.69) is 4.98 Å². The largest absolute Gasteiger partial charge is 0.480 e. The van der Waals surface area contributed by atoms with Gasteiger partial charge in [0.15, 0.2) is 18.2 Å². The molecule has 0 amide bonds. The summed E-state index contributed by atoms with van der Waals surface area (Å²) < 4.78 is 19.9. The van der Waals surface area contributed by atoms with E-state index >= 15 is 0 Å². The van der Waals surface area contributed by atoms with Crippen LogP contribution in [0.4, 0.5) is 15.9 Å². The van der Waals surface area contributed by atoms with Crippen LogP contribution in [0.1, 0.15) is 5.82 Å². The van der Waals surface area contributed by atoms with Gasteiger partial charge in [-0.15, -0.1) is 0 Å². The molecule has 0 unspecified atom stereocenters. The van der Waals surface area contributed by atoms with Gasteiger partial charge < -0.3 is 14.9 Å². The summed E-state index contributed by atoms with van der Waals surface area (Å²) >= 11 is 0. The summed E-state index contributed by atoms with van der Waals surface area (Å²) in [7, 11) is 1.43. The third-order valence-electron chi connectivity index (χ3n) is 2.73. The van der Waals surface area contributed by atoms with E-state index in [-0.39, 0.29) is 24.0 Å². The van der Waals surface area contributed by atoms with Gasteiger partial charge in [0, 0.05) is 6.07 Å². The second kappa shape index (κ2) is 5.53. The SMILES string of the molecule is Cn1c([N+](=O)[O-])cnc1COc1ccc([N+](=O)[O-])cc1F. The summed E-state index contributed by atoms with van der Waals surface area (Å²) in [5.41, 5.74) is -0.396. The Morgan fingerprint density at radius 2 is 2.05 bits per heavy atom. The maximum absolute atomic E-state index is 13.6. The van der Waals surface area contributed by atoms with Crippen molar-refractivity contribution in [2.24, 2.45) is 7.05 Å². The lowest BCUT2D eigenvalue weighted by Crippen LogP contribution is -2.06. The molecule has 0 aliphatic carbocycles. The average Bonchev–Trinajstić information content (AvgIpc) is 2.78. The maximum atomic E-state index is 13.6. The highest BCUT2D eigenvalue weighted by molar-refractivity contribution is 5.37. The van der Waals surface area contributed by atoms with Crippen LogP contribution >= 0.6 is 0 Å². The van der Waals surface area contributed by atoms with Gasteiger partial charge in [-0.2, -0.15) is 0 Å². The van der Waals surface area contributed by atoms with Crippen LogP contribution in [0, 0.1) is 26.0 Å². The van der Waals surface area contributed by atoms with E-state index in [0.717, 1.165) is 24.4 Å². The van der Waals surface area contributed by atoms with Gasteiger partial charge in [0.2, 0.25) is 5.82 Å². The summed E-state index contributed by atoms with van der Waals surface area (Å²) in [5.74, 6) is -1.10. The molecule has 10 heteroatoms. The Balaban J connectivity index is 2.13.